The predicted octanol–water partition coefficient (Wildman–Crippen LogP) is 2.72. The molecule has 1 aliphatic carbocycles. The number of anilines is 1. The summed E-state index contributed by atoms with van der Waals surface area (Å²) in [5, 5.41) is 0. The number of benzene rings is 1. The van der Waals surface area contributed by atoms with Crippen LogP contribution < -0.4 is 5.73 Å². The summed E-state index contributed by atoms with van der Waals surface area (Å²) in [5.41, 5.74) is 7.73. The average molecular weight is 256 g/mol. The van der Waals surface area contributed by atoms with Gasteiger partial charge in [0.15, 0.2) is 5.78 Å². The number of pyridine rings is 1. The first-order chi connectivity index (χ1) is 9.18. The van der Waals surface area contributed by atoms with Gasteiger partial charge in [-0.25, -0.2) is 4.39 Å². The molecule has 4 heteroatoms. The van der Waals surface area contributed by atoms with E-state index in [1.54, 1.807) is 12.3 Å². The number of rotatable bonds is 2. The molecule has 1 aliphatic rings. The minimum atomic E-state index is -0.551. The van der Waals surface area contributed by atoms with Crippen LogP contribution in [0.1, 0.15) is 34.0 Å². The monoisotopic (exact) mass is 256 g/mol. The highest BCUT2D eigenvalue weighted by atomic mass is 19.1. The van der Waals surface area contributed by atoms with Crippen LogP contribution in [0.4, 0.5) is 10.1 Å². The standard InChI is InChI=1S/C15H13FN2O/c16-12-5-1-4-10(13(12)17)15(19)11-7-6-9-3-2-8-18-14(9)11/h1-5,8,11H,6-7,17H2. The molecule has 1 heterocycles. The van der Waals surface area contributed by atoms with Crippen molar-refractivity contribution in [2.75, 3.05) is 5.73 Å². The Bertz CT molecular complexity index is 654. The molecule has 0 aliphatic heterocycles. The Morgan fingerprint density at radius 3 is 3.00 bits per heavy atom. The van der Waals surface area contributed by atoms with Gasteiger partial charge in [-0.2, -0.15) is 0 Å². The Labute approximate surface area is 110 Å². The second-order valence-electron chi connectivity index (χ2n) is 4.70. The molecule has 0 radical (unpaired) electrons. The first kappa shape index (κ1) is 11.8. The maximum absolute atomic E-state index is 13.4. The zero-order chi connectivity index (χ0) is 13.4. The van der Waals surface area contributed by atoms with Crippen molar-refractivity contribution >= 4 is 11.5 Å². The number of carbonyl (C=O) groups excluding carboxylic acids is 1. The van der Waals surface area contributed by atoms with Crippen LogP contribution in [0.5, 0.6) is 0 Å². The van der Waals surface area contributed by atoms with E-state index in [0.717, 1.165) is 17.7 Å². The van der Waals surface area contributed by atoms with Crippen LogP contribution in [0.15, 0.2) is 36.5 Å². The Morgan fingerprint density at radius 1 is 1.32 bits per heavy atom. The van der Waals surface area contributed by atoms with Crippen molar-refractivity contribution in [1.82, 2.24) is 4.98 Å². The molecule has 1 atom stereocenters. The predicted molar refractivity (Wildman–Crippen MR) is 70.4 cm³/mol. The Hall–Kier alpha value is -2.23. The lowest BCUT2D eigenvalue weighted by molar-refractivity contribution is 0.0958. The third kappa shape index (κ3) is 1.89. The fourth-order valence-corrected chi connectivity index (χ4v) is 2.61. The zero-order valence-electron chi connectivity index (χ0n) is 10.3. The van der Waals surface area contributed by atoms with E-state index < -0.39 is 5.82 Å². The number of hydrogen-bond donors (Lipinski definition) is 1. The molecule has 1 aromatic heterocycles. The molecule has 2 N–H and O–H groups in total. The lowest BCUT2D eigenvalue weighted by atomic mass is 9.94. The van der Waals surface area contributed by atoms with Gasteiger partial charge in [0.05, 0.1) is 17.3 Å². The Balaban J connectivity index is 2.00. The number of nitrogens with two attached hydrogens (primary N) is 1. The number of carbonyl (C=O) groups is 1. The van der Waals surface area contributed by atoms with Crippen molar-refractivity contribution in [3.8, 4) is 0 Å². The molecule has 3 rings (SSSR count). The average Bonchev–Trinajstić information content (AvgIpc) is 2.85. The highest BCUT2D eigenvalue weighted by Crippen LogP contribution is 2.35. The Kier molecular flexibility index (Phi) is 2.78. The molecule has 3 nitrogen and oxygen atoms in total. The van der Waals surface area contributed by atoms with E-state index in [1.807, 2.05) is 12.1 Å². The van der Waals surface area contributed by atoms with Crippen LogP contribution in [0, 0.1) is 5.82 Å². The fourth-order valence-electron chi connectivity index (χ4n) is 2.61. The van der Waals surface area contributed by atoms with Gasteiger partial charge in [0, 0.05) is 11.8 Å². The van der Waals surface area contributed by atoms with Crippen LogP contribution in [-0.2, 0) is 6.42 Å². The lowest BCUT2D eigenvalue weighted by Gasteiger charge is -2.11. The molecule has 0 amide bonds. The van der Waals surface area contributed by atoms with Crippen molar-refractivity contribution in [1.29, 1.82) is 0 Å². The van der Waals surface area contributed by atoms with E-state index in [0.29, 0.717) is 6.42 Å². The number of hydrogen-bond acceptors (Lipinski definition) is 3. The highest BCUT2D eigenvalue weighted by Gasteiger charge is 2.31. The van der Waals surface area contributed by atoms with E-state index in [1.165, 1.54) is 12.1 Å². The highest BCUT2D eigenvalue weighted by molar-refractivity contribution is 6.05. The summed E-state index contributed by atoms with van der Waals surface area (Å²) < 4.78 is 13.4. The number of Topliss-reactive ketones (excluding diaryl/α,β-unsaturated/α-hetero) is 1. The molecule has 96 valence electrons. The minimum absolute atomic E-state index is 0.0723. The van der Waals surface area contributed by atoms with Crippen LogP contribution >= 0.6 is 0 Å². The summed E-state index contributed by atoms with van der Waals surface area (Å²) in [7, 11) is 0. The number of nitrogens with zero attached hydrogens (tertiary/aromatic N) is 1. The number of fused-ring (bicyclic) bond motifs is 1. The quantitative estimate of drug-likeness (QED) is 0.664. The van der Waals surface area contributed by atoms with Gasteiger partial charge in [-0.15, -0.1) is 0 Å². The van der Waals surface area contributed by atoms with Crippen molar-refractivity contribution in [2.24, 2.45) is 0 Å². The van der Waals surface area contributed by atoms with Gasteiger partial charge < -0.3 is 5.73 Å². The topological polar surface area (TPSA) is 56.0 Å². The SMILES string of the molecule is Nc1c(F)cccc1C(=O)C1CCc2cccnc21. The van der Waals surface area contributed by atoms with Crippen LogP contribution in [0.2, 0.25) is 0 Å². The molecule has 0 saturated carbocycles. The normalized spacial score (nSPS) is 17.2. The maximum atomic E-state index is 13.4. The van der Waals surface area contributed by atoms with Crippen molar-refractivity contribution in [2.45, 2.75) is 18.8 Å². The molecule has 0 fully saturated rings. The third-order valence-electron chi connectivity index (χ3n) is 3.59. The van der Waals surface area contributed by atoms with E-state index >= 15 is 0 Å². The molecule has 1 aromatic carbocycles. The van der Waals surface area contributed by atoms with Gasteiger partial charge in [-0.1, -0.05) is 12.1 Å². The van der Waals surface area contributed by atoms with Crippen molar-refractivity contribution in [3.05, 3.63) is 59.2 Å². The van der Waals surface area contributed by atoms with Gasteiger partial charge in [0.1, 0.15) is 5.82 Å². The van der Waals surface area contributed by atoms with Crippen LogP contribution in [0.25, 0.3) is 0 Å². The number of para-hydroxylation sites is 1. The van der Waals surface area contributed by atoms with Gasteiger partial charge in [-0.3, -0.25) is 9.78 Å². The van der Waals surface area contributed by atoms with Gasteiger partial charge in [0.2, 0.25) is 0 Å². The van der Waals surface area contributed by atoms with Crippen molar-refractivity contribution in [3.63, 3.8) is 0 Å². The van der Waals surface area contributed by atoms with Crippen molar-refractivity contribution < 1.29 is 9.18 Å². The number of halogens is 1. The fraction of sp³-hybridized carbons (Fsp3) is 0.200. The largest absolute Gasteiger partial charge is 0.396 e. The number of aromatic nitrogens is 1. The molecule has 0 bridgehead atoms. The Morgan fingerprint density at radius 2 is 2.16 bits per heavy atom. The van der Waals surface area contributed by atoms with Gasteiger partial charge in [-0.05, 0) is 36.6 Å². The first-order valence-electron chi connectivity index (χ1n) is 6.20. The molecule has 0 spiro atoms. The second kappa shape index (κ2) is 4.46. The maximum Gasteiger partial charge on any atom is 0.174 e. The molecular formula is C15H13FN2O. The summed E-state index contributed by atoms with van der Waals surface area (Å²) in [6.07, 6.45) is 3.22. The van der Waals surface area contributed by atoms with Crippen LogP contribution in [-0.4, -0.2) is 10.8 Å². The first-order valence-corrected chi connectivity index (χ1v) is 6.20. The minimum Gasteiger partial charge on any atom is -0.396 e. The number of ketones is 1. The van der Waals surface area contributed by atoms with E-state index in [4.69, 9.17) is 5.73 Å². The number of aryl methyl sites for hydroxylation is 1. The summed E-state index contributed by atoms with van der Waals surface area (Å²) >= 11 is 0. The molecule has 19 heavy (non-hydrogen) atoms. The zero-order valence-corrected chi connectivity index (χ0v) is 10.3. The van der Waals surface area contributed by atoms with E-state index in [9.17, 15) is 9.18 Å². The molecule has 0 saturated heterocycles. The van der Waals surface area contributed by atoms with Gasteiger partial charge >= 0.3 is 0 Å². The molecular weight excluding hydrogens is 243 g/mol. The van der Waals surface area contributed by atoms with E-state index in [-0.39, 0.29) is 23.0 Å². The summed E-state index contributed by atoms with van der Waals surface area (Å²) in [6.45, 7) is 0. The van der Waals surface area contributed by atoms with Gasteiger partial charge in [0.25, 0.3) is 0 Å². The summed E-state index contributed by atoms with van der Waals surface area (Å²) in [4.78, 5) is 16.8. The van der Waals surface area contributed by atoms with Crippen LogP contribution in [0.3, 0.4) is 0 Å². The molecule has 1 unspecified atom stereocenters. The summed E-state index contributed by atoms with van der Waals surface area (Å²) in [6, 6.07) is 8.18. The number of nitrogen functional groups attached to an aromatic ring is 1. The smallest absolute Gasteiger partial charge is 0.174 e. The lowest BCUT2D eigenvalue weighted by Crippen LogP contribution is -2.14. The van der Waals surface area contributed by atoms with E-state index in [2.05, 4.69) is 4.98 Å². The summed E-state index contributed by atoms with van der Waals surface area (Å²) in [5.74, 6) is -1.00. The molecule has 2 aromatic rings. The second-order valence-corrected chi connectivity index (χ2v) is 4.70. The third-order valence-corrected chi connectivity index (χ3v) is 3.59.